The minimum absolute atomic E-state index is 0.333. The van der Waals surface area contributed by atoms with E-state index < -0.39 is 0 Å². The third-order valence-corrected chi connectivity index (χ3v) is 6.70. The number of carbonyl (C=O) groups is 2. The number of methoxy groups -OCH3 is 6. The lowest BCUT2D eigenvalue weighted by Crippen LogP contribution is -2.14. The third kappa shape index (κ3) is 10.7. The molecule has 0 bridgehead atoms. The number of nitrogens with one attached hydrogen (secondary N) is 2. The van der Waals surface area contributed by atoms with E-state index in [1.807, 2.05) is 43.3 Å². The van der Waals surface area contributed by atoms with Crippen LogP contribution >= 0.6 is 0 Å². The molecular weight excluding hydrogens is 614 g/mol. The Morgan fingerprint density at radius 1 is 0.562 bits per heavy atom. The topological polar surface area (TPSA) is 117 Å². The van der Waals surface area contributed by atoms with Gasteiger partial charge in [-0.05, 0) is 73.3 Å². The summed E-state index contributed by atoms with van der Waals surface area (Å²) in [6.07, 6.45) is 13.2. The Balaban J connectivity index is 1.69. The van der Waals surface area contributed by atoms with Gasteiger partial charge >= 0.3 is 0 Å². The van der Waals surface area contributed by atoms with Crippen LogP contribution in [0, 0.1) is 0 Å². The van der Waals surface area contributed by atoms with E-state index in [-0.39, 0.29) is 11.8 Å². The van der Waals surface area contributed by atoms with Gasteiger partial charge in [-0.25, -0.2) is 0 Å². The first-order chi connectivity index (χ1) is 23.1. The van der Waals surface area contributed by atoms with Crippen LogP contribution in [0.4, 0.5) is 11.4 Å². The van der Waals surface area contributed by atoms with Crippen LogP contribution in [0.1, 0.15) is 16.7 Å². The van der Waals surface area contributed by atoms with Crippen molar-refractivity contribution in [1.29, 1.82) is 0 Å². The molecule has 0 heterocycles. The van der Waals surface area contributed by atoms with Crippen molar-refractivity contribution in [3.63, 3.8) is 0 Å². The van der Waals surface area contributed by atoms with Gasteiger partial charge in [-0.1, -0.05) is 36.5 Å². The summed E-state index contributed by atoms with van der Waals surface area (Å²) in [6, 6.07) is 12.6. The Morgan fingerprint density at radius 2 is 0.938 bits per heavy atom. The molecule has 0 atom stereocenters. The summed E-state index contributed by atoms with van der Waals surface area (Å²) in [5.74, 6) is 2.45. The lowest BCUT2D eigenvalue weighted by molar-refractivity contribution is -0.112. The molecule has 0 saturated carbocycles. The molecule has 11 heteroatoms. The van der Waals surface area contributed by atoms with Gasteiger partial charge in [-0.3, -0.25) is 9.59 Å². The molecule has 0 saturated heterocycles. The molecule has 0 radical (unpaired) electrons. The van der Waals surface area contributed by atoms with E-state index in [0.29, 0.717) is 52.4 Å². The summed E-state index contributed by atoms with van der Waals surface area (Å²) in [4.78, 5) is 27.5. The van der Waals surface area contributed by atoms with Gasteiger partial charge in [0.15, 0.2) is 23.0 Å². The molecule has 3 aromatic carbocycles. The summed E-state index contributed by atoms with van der Waals surface area (Å²) in [5.41, 5.74) is 3.60. The molecule has 254 valence electrons. The molecule has 0 spiro atoms. The lowest BCUT2D eigenvalue weighted by atomic mass is 10.1. The second kappa shape index (κ2) is 18.5. The number of hydrogen-bond donors (Lipinski definition) is 2. The number of carbonyl (C=O) groups excluding carboxylic acids is 2. The van der Waals surface area contributed by atoms with Gasteiger partial charge in [-0.2, -0.15) is 0 Å². The molecule has 0 aliphatic rings. The first-order valence-corrected chi connectivity index (χ1v) is 14.8. The van der Waals surface area contributed by atoms with Crippen LogP contribution in [0.2, 0.25) is 0 Å². The molecule has 0 fully saturated rings. The van der Waals surface area contributed by atoms with Gasteiger partial charge in [0, 0.05) is 30.1 Å². The molecule has 0 aliphatic heterocycles. The monoisotopic (exact) mass is 657 g/mol. The molecule has 0 aliphatic carbocycles. The number of nitrogens with zero attached hydrogens (tertiary/aromatic N) is 1. The van der Waals surface area contributed by atoms with E-state index in [0.717, 1.165) is 16.7 Å². The highest BCUT2D eigenvalue weighted by molar-refractivity contribution is 6.02. The van der Waals surface area contributed by atoms with Crippen LogP contribution in [0.5, 0.6) is 34.5 Å². The molecule has 0 unspecified atom stereocenters. The zero-order chi connectivity index (χ0) is 35.1. The van der Waals surface area contributed by atoms with E-state index in [1.165, 1.54) is 12.2 Å². The van der Waals surface area contributed by atoms with Crippen molar-refractivity contribution in [3.8, 4) is 34.5 Å². The van der Waals surface area contributed by atoms with Crippen molar-refractivity contribution in [3.05, 3.63) is 95.6 Å². The minimum Gasteiger partial charge on any atom is -0.493 e. The van der Waals surface area contributed by atoms with Crippen LogP contribution in [0.3, 0.4) is 0 Å². The average Bonchev–Trinajstić information content (AvgIpc) is 3.06. The van der Waals surface area contributed by atoms with Crippen LogP contribution in [0.15, 0.2) is 78.9 Å². The SMILES string of the molecule is COc1cc(C=CC=CC(=O)Nc2cc(CN(C)C)cc(NC(=O)C=CC=Cc3cc(OC)c(OC)c(OC)c3)c2)cc(OC)c1OC. The van der Waals surface area contributed by atoms with E-state index in [9.17, 15) is 9.59 Å². The molecule has 11 nitrogen and oxygen atoms in total. The number of anilines is 2. The summed E-state index contributed by atoms with van der Waals surface area (Å²) in [6.45, 7) is 0.604. The van der Waals surface area contributed by atoms with Gasteiger partial charge in [0.25, 0.3) is 0 Å². The Bertz CT molecular complexity index is 1530. The minimum atomic E-state index is -0.333. The maximum absolute atomic E-state index is 12.8. The highest BCUT2D eigenvalue weighted by Crippen LogP contribution is 2.39. The Labute approximate surface area is 282 Å². The molecule has 2 N–H and O–H groups in total. The summed E-state index contributed by atoms with van der Waals surface area (Å²) < 4.78 is 32.3. The average molecular weight is 658 g/mol. The molecule has 3 rings (SSSR count). The van der Waals surface area contributed by atoms with E-state index in [2.05, 4.69) is 10.6 Å². The predicted molar refractivity (Wildman–Crippen MR) is 190 cm³/mol. The first kappa shape index (κ1) is 36.8. The van der Waals surface area contributed by atoms with Gasteiger partial charge in [0.05, 0.1) is 42.7 Å². The van der Waals surface area contributed by atoms with E-state index in [1.54, 1.807) is 97.3 Å². The number of amides is 2. The van der Waals surface area contributed by atoms with Crippen LogP contribution in [-0.4, -0.2) is 73.5 Å². The number of allylic oxidation sites excluding steroid dienone is 4. The van der Waals surface area contributed by atoms with Crippen molar-refractivity contribution in [2.45, 2.75) is 6.54 Å². The summed E-state index contributed by atoms with van der Waals surface area (Å²) in [7, 11) is 13.2. The van der Waals surface area contributed by atoms with Crippen molar-refractivity contribution < 1.29 is 38.0 Å². The molecule has 2 amide bonds. The summed E-state index contributed by atoms with van der Waals surface area (Å²) >= 11 is 0. The summed E-state index contributed by atoms with van der Waals surface area (Å²) in [5, 5.41) is 5.74. The third-order valence-electron chi connectivity index (χ3n) is 6.70. The second-order valence-electron chi connectivity index (χ2n) is 10.5. The standard InChI is InChI=1S/C37H43N3O8/c1-40(2)24-27-17-28(38-34(41)15-11-9-13-25-19-30(43-3)36(47-7)31(20-25)44-4)23-29(18-27)39-35(42)16-12-10-14-26-21-32(45-5)37(48-8)33(22-26)46-6/h9-23H,24H2,1-8H3,(H,38,41)(H,39,42). The quantitative estimate of drug-likeness (QED) is 0.137. The van der Waals surface area contributed by atoms with Crippen molar-refractivity contribution in [1.82, 2.24) is 4.90 Å². The molecular formula is C37H43N3O8. The molecule has 3 aromatic rings. The van der Waals surface area contributed by atoms with Gasteiger partial charge in [0.2, 0.25) is 23.3 Å². The predicted octanol–water partition coefficient (Wildman–Crippen LogP) is 6.22. The maximum Gasteiger partial charge on any atom is 0.248 e. The van der Waals surface area contributed by atoms with Gasteiger partial charge < -0.3 is 44.0 Å². The zero-order valence-corrected chi connectivity index (χ0v) is 28.6. The highest BCUT2D eigenvalue weighted by atomic mass is 16.5. The fourth-order valence-corrected chi connectivity index (χ4v) is 4.68. The maximum atomic E-state index is 12.8. The largest absolute Gasteiger partial charge is 0.493 e. The lowest BCUT2D eigenvalue weighted by Gasteiger charge is -2.14. The van der Waals surface area contributed by atoms with E-state index >= 15 is 0 Å². The van der Waals surface area contributed by atoms with Crippen molar-refractivity contribution >= 4 is 35.3 Å². The van der Waals surface area contributed by atoms with Crippen molar-refractivity contribution in [2.24, 2.45) is 0 Å². The highest BCUT2D eigenvalue weighted by Gasteiger charge is 2.13. The Kier molecular flexibility index (Phi) is 14.1. The second-order valence-corrected chi connectivity index (χ2v) is 10.5. The van der Waals surface area contributed by atoms with Gasteiger partial charge in [-0.15, -0.1) is 0 Å². The van der Waals surface area contributed by atoms with E-state index in [4.69, 9.17) is 28.4 Å². The van der Waals surface area contributed by atoms with Crippen LogP contribution in [0.25, 0.3) is 12.2 Å². The van der Waals surface area contributed by atoms with Crippen LogP contribution in [-0.2, 0) is 16.1 Å². The number of hydrogen-bond acceptors (Lipinski definition) is 9. The van der Waals surface area contributed by atoms with Gasteiger partial charge in [0.1, 0.15) is 0 Å². The fourth-order valence-electron chi connectivity index (χ4n) is 4.68. The molecule has 48 heavy (non-hydrogen) atoms. The fraction of sp³-hybridized carbons (Fsp3) is 0.243. The number of rotatable bonds is 16. The Hall–Kier alpha value is -5.68. The normalized spacial score (nSPS) is 11.4. The first-order valence-electron chi connectivity index (χ1n) is 14.8. The van der Waals surface area contributed by atoms with Crippen molar-refractivity contribution in [2.75, 3.05) is 67.4 Å². The number of benzene rings is 3. The Morgan fingerprint density at radius 3 is 1.25 bits per heavy atom. The smallest absolute Gasteiger partial charge is 0.248 e. The molecule has 0 aromatic heterocycles. The zero-order valence-electron chi connectivity index (χ0n) is 28.6. The van der Waals surface area contributed by atoms with Crippen LogP contribution < -0.4 is 39.1 Å². The number of ether oxygens (including phenoxy) is 6.